The van der Waals surface area contributed by atoms with Crippen LogP contribution >= 0.6 is 24.0 Å². The van der Waals surface area contributed by atoms with Crippen LogP contribution in [0.15, 0.2) is 29.3 Å². The summed E-state index contributed by atoms with van der Waals surface area (Å²) in [7, 11) is 1.71. The van der Waals surface area contributed by atoms with E-state index in [4.69, 9.17) is 4.74 Å². The molecule has 2 N–H and O–H groups in total. The molecule has 0 aliphatic carbocycles. The van der Waals surface area contributed by atoms with E-state index in [9.17, 15) is 0 Å². The molecule has 0 amide bonds. The number of benzene rings is 1. The number of hydrogen-bond acceptors (Lipinski definition) is 2. The molecule has 1 rings (SSSR count). The number of methoxy groups -OCH3 is 1. The van der Waals surface area contributed by atoms with Crippen molar-refractivity contribution < 1.29 is 4.74 Å². The summed E-state index contributed by atoms with van der Waals surface area (Å²) in [6.07, 6.45) is 0. The molecular formula is C17H30IN3O. The van der Waals surface area contributed by atoms with Gasteiger partial charge < -0.3 is 15.4 Å². The van der Waals surface area contributed by atoms with Crippen molar-refractivity contribution in [2.75, 3.05) is 20.2 Å². The molecule has 0 radical (unpaired) electrons. The van der Waals surface area contributed by atoms with Crippen LogP contribution in [0, 0.1) is 0 Å². The maximum atomic E-state index is 5.42. The molecule has 1 aromatic rings. The zero-order chi connectivity index (χ0) is 15.9. The average molecular weight is 419 g/mol. The fourth-order valence-electron chi connectivity index (χ4n) is 2.06. The Hall–Kier alpha value is -0.980. The van der Waals surface area contributed by atoms with Crippen LogP contribution in [0.2, 0.25) is 0 Å². The van der Waals surface area contributed by atoms with Gasteiger partial charge in [0.2, 0.25) is 0 Å². The van der Waals surface area contributed by atoms with E-state index in [0.717, 1.165) is 18.3 Å². The molecular weight excluding hydrogens is 389 g/mol. The maximum absolute atomic E-state index is 5.42. The van der Waals surface area contributed by atoms with E-state index in [1.165, 1.54) is 5.56 Å². The molecule has 0 bridgehead atoms. The summed E-state index contributed by atoms with van der Waals surface area (Å²) in [5.74, 6) is 2.08. The van der Waals surface area contributed by atoms with Gasteiger partial charge in [0.05, 0.1) is 7.11 Å². The maximum Gasteiger partial charge on any atom is 0.191 e. The van der Waals surface area contributed by atoms with Crippen molar-refractivity contribution in [1.82, 2.24) is 10.6 Å². The Labute approximate surface area is 152 Å². The van der Waals surface area contributed by atoms with Crippen LogP contribution < -0.4 is 15.4 Å². The molecule has 0 fully saturated rings. The van der Waals surface area contributed by atoms with E-state index >= 15 is 0 Å². The lowest BCUT2D eigenvalue weighted by molar-refractivity contribution is 0.406. The van der Waals surface area contributed by atoms with Crippen LogP contribution in [-0.4, -0.2) is 31.7 Å². The second kappa shape index (κ2) is 9.92. The number of nitrogens with zero attached hydrogens (tertiary/aromatic N) is 1. The van der Waals surface area contributed by atoms with Gasteiger partial charge in [-0.2, -0.15) is 0 Å². The van der Waals surface area contributed by atoms with E-state index < -0.39 is 0 Å². The van der Waals surface area contributed by atoms with Crippen molar-refractivity contribution in [2.24, 2.45) is 4.99 Å². The first-order valence-electron chi connectivity index (χ1n) is 7.56. The molecule has 0 saturated heterocycles. The van der Waals surface area contributed by atoms with E-state index in [1.54, 1.807) is 7.11 Å². The summed E-state index contributed by atoms with van der Waals surface area (Å²) in [4.78, 5) is 4.69. The fraction of sp³-hybridized carbons (Fsp3) is 0.588. The minimum absolute atomic E-state index is 0. The van der Waals surface area contributed by atoms with Gasteiger partial charge in [0.1, 0.15) is 5.75 Å². The Morgan fingerprint density at radius 1 is 1.27 bits per heavy atom. The summed E-state index contributed by atoms with van der Waals surface area (Å²) in [5, 5.41) is 6.68. The van der Waals surface area contributed by atoms with Gasteiger partial charge in [-0.25, -0.2) is 0 Å². The standard InChI is InChI=1S/C17H29N3O.HI/c1-7-18-16(20-17(3,4)5)19-12-13(2)14-10-8-9-11-15(14)21-6;/h8-11,13H,7,12H2,1-6H3,(H2,18,19,20);1H. The molecule has 1 aromatic carbocycles. The third-order valence-electron chi connectivity index (χ3n) is 3.03. The Morgan fingerprint density at radius 2 is 1.91 bits per heavy atom. The molecule has 0 spiro atoms. The molecule has 4 nitrogen and oxygen atoms in total. The molecule has 1 unspecified atom stereocenters. The number of para-hydroxylation sites is 1. The lowest BCUT2D eigenvalue weighted by Gasteiger charge is -2.24. The van der Waals surface area contributed by atoms with E-state index in [2.05, 4.69) is 56.3 Å². The number of nitrogens with one attached hydrogen (secondary N) is 2. The summed E-state index contributed by atoms with van der Waals surface area (Å²) in [6, 6.07) is 8.12. The number of aliphatic imine (C=N–C) groups is 1. The van der Waals surface area contributed by atoms with Crippen molar-refractivity contribution in [3.05, 3.63) is 29.8 Å². The zero-order valence-corrected chi connectivity index (χ0v) is 16.9. The highest BCUT2D eigenvalue weighted by molar-refractivity contribution is 14.0. The minimum atomic E-state index is -0.00528. The number of guanidine groups is 1. The lowest BCUT2D eigenvalue weighted by Crippen LogP contribution is -2.47. The van der Waals surface area contributed by atoms with Crippen LogP contribution in [0.4, 0.5) is 0 Å². The van der Waals surface area contributed by atoms with Crippen molar-refractivity contribution in [3.63, 3.8) is 0 Å². The van der Waals surface area contributed by atoms with Gasteiger partial charge in [-0.3, -0.25) is 4.99 Å². The number of halogens is 1. The monoisotopic (exact) mass is 419 g/mol. The van der Waals surface area contributed by atoms with E-state index in [1.807, 2.05) is 18.2 Å². The summed E-state index contributed by atoms with van der Waals surface area (Å²) >= 11 is 0. The molecule has 0 aromatic heterocycles. The summed E-state index contributed by atoms with van der Waals surface area (Å²) < 4.78 is 5.42. The van der Waals surface area contributed by atoms with Crippen LogP contribution in [0.25, 0.3) is 0 Å². The predicted octanol–water partition coefficient (Wildman–Crippen LogP) is 3.77. The van der Waals surface area contributed by atoms with Crippen molar-refractivity contribution in [3.8, 4) is 5.75 Å². The fourth-order valence-corrected chi connectivity index (χ4v) is 2.06. The van der Waals surface area contributed by atoms with Gasteiger partial charge in [0.15, 0.2) is 5.96 Å². The first-order chi connectivity index (χ1) is 9.87. The Bertz CT molecular complexity index is 469. The molecule has 0 heterocycles. The van der Waals surface area contributed by atoms with Crippen LogP contribution in [0.5, 0.6) is 5.75 Å². The van der Waals surface area contributed by atoms with E-state index in [-0.39, 0.29) is 29.5 Å². The molecule has 126 valence electrons. The van der Waals surface area contributed by atoms with Gasteiger partial charge in [0, 0.05) is 24.5 Å². The Morgan fingerprint density at radius 3 is 2.45 bits per heavy atom. The average Bonchev–Trinajstić information content (AvgIpc) is 2.43. The largest absolute Gasteiger partial charge is 0.496 e. The molecule has 0 saturated carbocycles. The quantitative estimate of drug-likeness (QED) is 0.434. The van der Waals surface area contributed by atoms with Crippen LogP contribution in [0.1, 0.15) is 46.1 Å². The van der Waals surface area contributed by atoms with Gasteiger partial charge in [0.25, 0.3) is 0 Å². The number of hydrogen-bond donors (Lipinski definition) is 2. The van der Waals surface area contributed by atoms with Crippen LogP contribution in [0.3, 0.4) is 0 Å². The molecule has 5 heteroatoms. The van der Waals surface area contributed by atoms with Gasteiger partial charge in [-0.05, 0) is 39.3 Å². The molecule has 0 aliphatic rings. The third kappa shape index (κ3) is 7.33. The highest BCUT2D eigenvalue weighted by Crippen LogP contribution is 2.26. The SMILES string of the molecule is CCNC(=NCC(C)c1ccccc1OC)NC(C)(C)C.I. The second-order valence-corrected chi connectivity index (χ2v) is 6.24. The van der Waals surface area contributed by atoms with Crippen molar-refractivity contribution in [1.29, 1.82) is 0 Å². The highest BCUT2D eigenvalue weighted by atomic mass is 127. The highest BCUT2D eigenvalue weighted by Gasteiger charge is 2.14. The van der Waals surface area contributed by atoms with Crippen molar-refractivity contribution >= 4 is 29.9 Å². The zero-order valence-electron chi connectivity index (χ0n) is 14.6. The number of rotatable bonds is 5. The first kappa shape index (κ1) is 21.0. The van der Waals surface area contributed by atoms with Gasteiger partial charge in [-0.1, -0.05) is 25.1 Å². The molecule has 22 heavy (non-hydrogen) atoms. The lowest BCUT2D eigenvalue weighted by atomic mass is 10.0. The van der Waals surface area contributed by atoms with Crippen molar-refractivity contribution in [2.45, 2.75) is 46.1 Å². The Balaban J connectivity index is 0.00000441. The smallest absolute Gasteiger partial charge is 0.191 e. The minimum Gasteiger partial charge on any atom is -0.496 e. The normalized spacial score (nSPS) is 13.1. The second-order valence-electron chi connectivity index (χ2n) is 6.24. The topological polar surface area (TPSA) is 45.7 Å². The van der Waals surface area contributed by atoms with E-state index in [0.29, 0.717) is 12.5 Å². The first-order valence-corrected chi connectivity index (χ1v) is 7.56. The van der Waals surface area contributed by atoms with Crippen LogP contribution in [-0.2, 0) is 0 Å². The molecule has 1 atom stereocenters. The van der Waals surface area contributed by atoms with Gasteiger partial charge in [-0.15, -0.1) is 24.0 Å². The molecule has 0 aliphatic heterocycles. The van der Waals surface area contributed by atoms with Gasteiger partial charge >= 0.3 is 0 Å². The number of ether oxygens (including phenoxy) is 1. The summed E-state index contributed by atoms with van der Waals surface area (Å²) in [6.45, 7) is 12.2. The predicted molar refractivity (Wildman–Crippen MR) is 106 cm³/mol. The Kier molecular flexibility index (Phi) is 9.48. The summed E-state index contributed by atoms with van der Waals surface area (Å²) in [5.41, 5.74) is 1.18. The third-order valence-corrected chi connectivity index (χ3v) is 3.03.